The van der Waals surface area contributed by atoms with Crippen molar-refractivity contribution in [3.05, 3.63) is 72.9 Å². The molecule has 0 saturated carbocycles. The zero-order valence-electron chi connectivity index (χ0n) is 15.5. The van der Waals surface area contributed by atoms with Gasteiger partial charge in [0.2, 0.25) is 0 Å². The van der Waals surface area contributed by atoms with Crippen molar-refractivity contribution in [1.29, 1.82) is 0 Å². The largest absolute Gasteiger partial charge is 0.415 e. The molecule has 1 atom stereocenters. The van der Waals surface area contributed by atoms with Gasteiger partial charge in [0.1, 0.15) is 5.71 Å². The Bertz CT molecular complexity index is 727. The van der Waals surface area contributed by atoms with Crippen molar-refractivity contribution in [2.75, 3.05) is 13.6 Å². The molecule has 0 bridgehead atoms. The van der Waals surface area contributed by atoms with Crippen LogP contribution in [-0.4, -0.2) is 42.4 Å². The normalized spacial score (nSPS) is 18.5. The lowest BCUT2D eigenvalue weighted by atomic mass is 10.0. The van der Waals surface area contributed by atoms with Crippen molar-refractivity contribution >= 4 is 11.6 Å². The van der Waals surface area contributed by atoms with Crippen molar-refractivity contribution in [2.45, 2.75) is 25.6 Å². The number of hydrazone groups is 1. The van der Waals surface area contributed by atoms with Crippen LogP contribution in [0.15, 0.2) is 78.0 Å². The molecule has 0 aromatic heterocycles. The van der Waals surface area contributed by atoms with E-state index in [1.165, 1.54) is 6.08 Å². The number of rotatable bonds is 8. The fourth-order valence-corrected chi connectivity index (χ4v) is 2.44. The van der Waals surface area contributed by atoms with Gasteiger partial charge in [-0.2, -0.15) is 18.3 Å². The predicted molar refractivity (Wildman–Crippen MR) is 103 cm³/mol. The van der Waals surface area contributed by atoms with Crippen LogP contribution in [0.1, 0.15) is 13.3 Å². The molecule has 0 fully saturated rings. The molecule has 1 aliphatic heterocycles. The fraction of sp³-hybridized carbons (Fsp3) is 0.300. The van der Waals surface area contributed by atoms with Crippen molar-refractivity contribution < 1.29 is 18.0 Å². The molecule has 0 saturated heterocycles. The number of likely N-dealkylation sites (N-methyl/N-ethyl adjacent to an activating group) is 1. The molecule has 1 heterocycles. The Morgan fingerprint density at radius 3 is 2.59 bits per heavy atom. The second-order valence-electron chi connectivity index (χ2n) is 5.85. The first-order chi connectivity index (χ1) is 12.6. The first-order valence-electron chi connectivity index (χ1n) is 8.27. The summed E-state index contributed by atoms with van der Waals surface area (Å²) in [5, 5.41) is 8.51. The highest BCUT2D eigenvalue weighted by atomic mass is 19.4. The lowest BCUT2D eigenvalue weighted by Gasteiger charge is -2.19. The molecule has 1 rings (SSSR count). The van der Waals surface area contributed by atoms with E-state index >= 15 is 0 Å². The molecule has 0 aromatic rings. The average molecular weight is 379 g/mol. The van der Waals surface area contributed by atoms with E-state index in [4.69, 9.17) is 0 Å². The molecule has 27 heavy (non-hydrogen) atoms. The monoisotopic (exact) mass is 379 g/mol. The summed E-state index contributed by atoms with van der Waals surface area (Å²) in [4.78, 5) is 12.3. The zero-order chi connectivity index (χ0) is 20.6. The maximum absolute atomic E-state index is 12.6. The van der Waals surface area contributed by atoms with Crippen LogP contribution in [0.3, 0.4) is 0 Å². The van der Waals surface area contributed by atoms with E-state index in [9.17, 15) is 18.0 Å². The number of hydrogen-bond acceptors (Lipinski definition) is 3. The van der Waals surface area contributed by atoms with E-state index in [2.05, 4.69) is 30.2 Å². The minimum absolute atomic E-state index is 0.0913. The summed E-state index contributed by atoms with van der Waals surface area (Å²) in [6.45, 7) is 11.9. The maximum atomic E-state index is 12.6. The van der Waals surface area contributed by atoms with Gasteiger partial charge in [0.05, 0.1) is 6.04 Å². The van der Waals surface area contributed by atoms with E-state index in [0.717, 1.165) is 11.6 Å². The highest BCUT2D eigenvalue weighted by Crippen LogP contribution is 2.26. The number of carbonyl (C=O) groups is 1. The number of nitrogens with zero attached hydrogens (tertiary/aromatic N) is 2. The Labute approximate surface area is 157 Å². The van der Waals surface area contributed by atoms with Gasteiger partial charge in [0.15, 0.2) is 0 Å². The highest BCUT2D eigenvalue weighted by Gasteiger charge is 2.31. The van der Waals surface area contributed by atoms with Crippen LogP contribution >= 0.6 is 0 Å². The van der Waals surface area contributed by atoms with Gasteiger partial charge in [0.25, 0.3) is 5.91 Å². The Balaban J connectivity index is 2.76. The van der Waals surface area contributed by atoms with Crippen LogP contribution in [0.4, 0.5) is 13.2 Å². The molecule has 7 heteroatoms. The van der Waals surface area contributed by atoms with Crippen LogP contribution in [-0.2, 0) is 4.79 Å². The van der Waals surface area contributed by atoms with Gasteiger partial charge in [-0.15, -0.1) is 0 Å². The molecule has 0 aromatic carbocycles. The molecular formula is C20H24F3N3O. The van der Waals surface area contributed by atoms with Gasteiger partial charge in [-0.25, -0.2) is 0 Å². The summed E-state index contributed by atoms with van der Waals surface area (Å²) in [5.41, 5.74) is 0.498. The summed E-state index contributed by atoms with van der Waals surface area (Å²) in [6, 6.07) is -0.0913. The third-order valence-corrected chi connectivity index (χ3v) is 3.96. The smallest absolute Gasteiger partial charge is 0.347 e. The molecule has 4 nitrogen and oxygen atoms in total. The molecule has 1 aliphatic rings. The molecular weight excluding hydrogens is 355 g/mol. The van der Waals surface area contributed by atoms with Crippen LogP contribution in [0.25, 0.3) is 0 Å². The Morgan fingerprint density at radius 1 is 1.41 bits per heavy atom. The number of hydrogen-bond donors (Lipinski definition) is 1. The Hall–Kier alpha value is -2.83. The molecule has 1 unspecified atom stereocenters. The first kappa shape index (κ1) is 22.2. The van der Waals surface area contributed by atoms with Crippen LogP contribution in [0.2, 0.25) is 0 Å². The topological polar surface area (TPSA) is 44.7 Å². The summed E-state index contributed by atoms with van der Waals surface area (Å²) in [5.74, 6) is -0.433. The summed E-state index contributed by atoms with van der Waals surface area (Å²) in [7, 11) is 1.76. The highest BCUT2D eigenvalue weighted by molar-refractivity contribution is 6.39. The molecule has 1 amide bonds. The van der Waals surface area contributed by atoms with E-state index in [0.29, 0.717) is 12.1 Å². The third kappa shape index (κ3) is 6.44. The minimum atomic E-state index is -4.52. The molecule has 1 N–H and O–H groups in total. The standard InChI is InChI=1S/C20H24F3N3O/c1-6-9-10-16(8-3)18-12-17(25-26(18)5)19(27)24-13-15(7-2)11-14(4)20(21,22)23/h6-11,18H,1-2,4,12-13H2,3,5H3,(H,24,27)/b10-9-,15-11+,16-8+. The maximum Gasteiger partial charge on any atom is 0.415 e. The first-order valence-corrected chi connectivity index (χ1v) is 8.27. The summed E-state index contributed by atoms with van der Waals surface area (Å²) < 4.78 is 37.7. The molecule has 146 valence electrons. The number of amides is 1. The lowest BCUT2D eigenvalue weighted by Crippen LogP contribution is -2.32. The van der Waals surface area contributed by atoms with Crippen molar-refractivity contribution in [3.63, 3.8) is 0 Å². The van der Waals surface area contributed by atoms with Crippen molar-refractivity contribution in [2.24, 2.45) is 5.10 Å². The number of allylic oxidation sites excluding steroid dienone is 5. The number of carbonyl (C=O) groups excluding carboxylic acids is 1. The van der Waals surface area contributed by atoms with Crippen LogP contribution in [0.5, 0.6) is 0 Å². The van der Waals surface area contributed by atoms with E-state index in [-0.39, 0.29) is 18.2 Å². The Morgan fingerprint density at radius 2 is 2.07 bits per heavy atom. The summed E-state index contributed by atoms with van der Waals surface area (Å²) in [6.07, 6.45) is 5.26. The van der Waals surface area contributed by atoms with E-state index in [1.807, 2.05) is 19.1 Å². The van der Waals surface area contributed by atoms with Gasteiger partial charge in [0, 0.05) is 25.6 Å². The SMILES string of the molecule is C=C/C=C\C(=C/C)C1CC(C(=O)NC/C(C=C)=C/C(=C)C(F)(F)F)=NN1C. The number of alkyl halides is 3. The number of nitrogens with one attached hydrogen (secondary N) is 1. The fourth-order valence-electron chi connectivity index (χ4n) is 2.44. The van der Waals surface area contributed by atoms with Crippen LogP contribution < -0.4 is 5.32 Å². The zero-order valence-corrected chi connectivity index (χ0v) is 15.5. The second kappa shape index (κ2) is 9.75. The van der Waals surface area contributed by atoms with Gasteiger partial charge >= 0.3 is 6.18 Å². The molecule has 0 radical (unpaired) electrons. The molecule has 0 spiro atoms. The minimum Gasteiger partial charge on any atom is -0.347 e. The van der Waals surface area contributed by atoms with Gasteiger partial charge in [-0.1, -0.05) is 50.1 Å². The quantitative estimate of drug-likeness (QED) is 0.646. The molecule has 0 aliphatic carbocycles. The predicted octanol–water partition coefficient (Wildman–Crippen LogP) is 4.08. The van der Waals surface area contributed by atoms with Gasteiger partial charge < -0.3 is 5.32 Å². The van der Waals surface area contributed by atoms with Gasteiger partial charge in [-0.3, -0.25) is 9.80 Å². The number of halogens is 3. The van der Waals surface area contributed by atoms with E-state index < -0.39 is 17.7 Å². The average Bonchev–Trinajstić information content (AvgIpc) is 2.99. The van der Waals surface area contributed by atoms with E-state index in [1.54, 1.807) is 24.2 Å². The van der Waals surface area contributed by atoms with Crippen molar-refractivity contribution in [3.8, 4) is 0 Å². The second-order valence-corrected chi connectivity index (χ2v) is 5.85. The van der Waals surface area contributed by atoms with Gasteiger partial charge in [-0.05, 0) is 24.1 Å². The van der Waals surface area contributed by atoms with Crippen LogP contribution in [0, 0.1) is 0 Å². The van der Waals surface area contributed by atoms with Crippen molar-refractivity contribution in [1.82, 2.24) is 10.3 Å². The summed E-state index contributed by atoms with van der Waals surface area (Å²) >= 11 is 0. The Kier molecular flexibility index (Phi) is 8.02. The third-order valence-electron chi connectivity index (χ3n) is 3.96. The lowest BCUT2D eigenvalue weighted by molar-refractivity contribution is -0.114.